The minimum absolute atomic E-state index is 0.660. The number of rotatable bonds is 5. The molecule has 17 heavy (non-hydrogen) atoms. The van der Waals surface area contributed by atoms with Crippen molar-refractivity contribution >= 4 is 0 Å². The van der Waals surface area contributed by atoms with Crippen LogP contribution in [0.4, 0.5) is 0 Å². The highest BCUT2D eigenvalue weighted by atomic mass is 16.5. The number of methoxy groups -OCH3 is 1. The van der Waals surface area contributed by atoms with Gasteiger partial charge in [-0.05, 0) is 30.7 Å². The molecule has 0 bridgehead atoms. The molecule has 0 unspecified atom stereocenters. The highest BCUT2D eigenvalue weighted by Crippen LogP contribution is 2.21. The van der Waals surface area contributed by atoms with E-state index in [0.717, 1.165) is 17.7 Å². The summed E-state index contributed by atoms with van der Waals surface area (Å²) in [5, 5.41) is 4.20. The molecule has 0 amide bonds. The van der Waals surface area contributed by atoms with E-state index in [4.69, 9.17) is 10.5 Å². The summed E-state index contributed by atoms with van der Waals surface area (Å²) in [4.78, 5) is 0. The third-order valence-electron chi connectivity index (χ3n) is 2.67. The van der Waals surface area contributed by atoms with Gasteiger partial charge in [0.2, 0.25) is 0 Å². The topological polar surface area (TPSA) is 53.1 Å². The Morgan fingerprint density at radius 2 is 2.29 bits per heavy atom. The zero-order valence-corrected chi connectivity index (χ0v) is 9.97. The van der Waals surface area contributed by atoms with Crippen molar-refractivity contribution in [2.75, 3.05) is 13.7 Å². The second-order valence-electron chi connectivity index (χ2n) is 3.89. The fraction of sp³-hybridized carbons (Fsp3) is 0.308. The number of aromatic nitrogens is 2. The Morgan fingerprint density at radius 3 is 2.94 bits per heavy atom. The van der Waals surface area contributed by atoms with E-state index in [9.17, 15) is 0 Å². The van der Waals surface area contributed by atoms with Gasteiger partial charge in [0.1, 0.15) is 5.75 Å². The normalized spacial score (nSPS) is 10.5. The molecule has 2 N–H and O–H groups in total. The van der Waals surface area contributed by atoms with Crippen LogP contribution in [0.3, 0.4) is 0 Å². The van der Waals surface area contributed by atoms with Crippen molar-refractivity contribution in [3.63, 3.8) is 0 Å². The van der Waals surface area contributed by atoms with Crippen LogP contribution in [-0.4, -0.2) is 23.4 Å². The summed E-state index contributed by atoms with van der Waals surface area (Å²) >= 11 is 0. The lowest BCUT2D eigenvalue weighted by molar-refractivity contribution is 0.407. The molecule has 0 fully saturated rings. The highest BCUT2D eigenvalue weighted by molar-refractivity contribution is 5.37. The van der Waals surface area contributed by atoms with Gasteiger partial charge in [0, 0.05) is 18.0 Å². The predicted octanol–water partition coefficient (Wildman–Crippen LogP) is 1.44. The molecule has 2 aromatic rings. The summed E-state index contributed by atoms with van der Waals surface area (Å²) in [6.45, 7) is 1.38. The Kier molecular flexibility index (Phi) is 3.77. The molecule has 1 aromatic heterocycles. The van der Waals surface area contributed by atoms with E-state index in [0.29, 0.717) is 13.1 Å². The number of nitrogens with two attached hydrogens (primary N) is 1. The van der Waals surface area contributed by atoms with E-state index in [2.05, 4.69) is 17.2 Å². The van der Waals surface area contributed by atoms with Crippen LogP contribution in [-0.2, 0) is 13.0 Å². The van der Waals surface area contributed by atoms with Crippen LogP contribution in [0.25, 0.3) is 0 Å². The summed E-state index contributed by atoms with van der Waals surface area (Å²) in [6.07, 6.45) is 4.60. The van der Waals surface area contributed by atoms with E-state index in [1.807, 2.05) is 23.0 Å². The van der Waals surface area contributed by atoms with Gasteiger partial charge >= 0.3 is 0 Å². The van der Waals surface area contributed by atoms with Gasteiger partial charge in [0.15, 0.2) is 0 Å². The van der Waals surface area contributed by atoms with E-state index in [1.165, 1.54) is 5.56 Å². The second kappa shape index (κ2) is 5.50. The number of hydrogen-bond donors (Lipinski definition) is 1. The van der Waals surface area contributed by atoms with Crippen LogP contribution in [0, 0.1) is 0 Å². The molecular weight excluding hydrogens is 214 g/mol. The molecule has 4 nitrogen and oxygen atoms in total. The molecule has 0 aliphatic rings. The molecule has 1 heterocycles. The largest absolute Gasteiger partial charge is 0.496 e. The average Bonchev–Trinajstić information content (AvgIpc) is 2.83. The zero-order valence-electron chi connectivity index (χ0n) is 9.97. The standard InChI is InChI=1S/C13H17N3O/c1-17-13-4-3-11(5-6-14)9-12(13)10-16-8-2-7-15-16/h2-4,7-9H,5-6,10,14H2,1H3. The Balaban J connectivity index is 2.25. The molecule has 2 rings (SSSR count). The van der Waals surface area contributed by atoms with Gasteiger partial charge in [-0.25, -0.2) is 0 Å². The van der Waals surface area contributed by atoms with Gasteiger partial charge in [-0.3, -0.25) is 4.68 Å². The van der Waals surface area contributed by atoms with Crippen LogP contribution in [0.5, 0.6) is 5.75 Å². The maximum atomic E-state index is 5.57. The fourth-order valence-electron chi connectivity index (χ4n) is 1.85. The predicted molar refractivity (Wildman–Crippen MR) is 67.1 cm³/mol. The summed E-state index contributed by atoms with van der Waals surface area (Å²) < 4.78 is 7.23. The molecule has 0 atom stereocenters. The SMILES string of the molecule is COc1ccc(CCN)cc1Cn1cccn1. The van der Waals surface area contributed by atoms with E-state index in [1.54, 1.807) is 13.3 Å². The van der Waals surface area contributed by atoms with Crippen molar-refractivity contribution in [2.24, 2.45) is 5.73 Å². The number of ether oxygens (including phenoxy) is 1. The van der Waals surface area contributed by atoms with Crippen LogP contribution in [0.1, 0.15) is 11.1 Å². The van der Waals surface area contributed by atoms with Crippen molar-refractivity contribution in [1.29, 1.82) is 0 Å². The highest BCUT2D eigenvalue weighted by Gasteiger charge is 2.05. The van der Waals surface area contributed by atoms with Gasteiger partial charge in [-0.1, -0.05) is 12.1 Å². The molecular formula is C13H17N3O. The molecule has 1 aromatic carbocycles. The summed E-state index contributed by atoms with van der Waals surface area (Å²) in [5.74, 6) is 0.890. The molecule has 0 radical (unpaired) electrons. The minimum Gasteiger partial charge on any atom is -0.496 e. The Hall–Kier alpha value is -1.81. The summed E-state index contributed by atoms with van der Waals surface area (Å²) in [6, 6.07) is 8.09. The van der Waals surface area contributed by atoms with Crippen LogP contribution >= 0.6 is 0 Å². The molecule has 0 saturated heterocycles. The van der Waals surface area contributed by atoms with E-state index >= 15 is 0 Å². The summed E-state index contributed by atoms with van der Waals surface area (Å²) in [5.41, 5.74) is 7.93. The van der Waals surface area contributed by atoms with Crippen LogP contribution < -0.4 is 10.5 Å². The van der Waals surface area contributed by atoms with Crippen molar-refractivity contribution in [1.82, 2.24) is 9.78 Å². The van der Waals surface area contributed by atoms with E-state index < -0.39 is 0 Å². The maximum Gasteiger partial charge on any atom is 0.123 e. The van der Waals surface area contributed by atoms with Crippen molar-refractivity contribution in [3.8, 4) is 5.75 Å². The maximum absolute atomic E-state index is 5.57. The molecule has 0 spiro atoms. The first-order valence-corrected chi connectivity index (χ1v) is 5.67. The van der Waals surface area contributed by atoms with Crippen molar-refractivity contribution in [3.05, 3.63) is 47.8 Å². The van der Waals surface area contributed by atoms with Crippen LogP contribution in [0.2, 0.25) is 0 Å². The average molecular weight is 231 g/mol. The molecule has 0 aliphatic carbocycles. The lowest BCUT2D eigenvalue weighted by Gasteiger charge is -2.10. The number of nitrogens with zero attached hydrogens (tertiary/aromatic N) is 2. The minimum atomic E-state index is 0.660. The Labute approximate surface area is 101 Å². The lowest BCUT2D eigenvalue weighted by atomic mass is 10.1. The van der Waals surface area contributed by atoms with Crippen LogP contribution in [0.15, 0.2) is 36.7 Å². The quantitative estimate of drug-likeness (QED) is 0.847. The molecule has 0 aliphatic heterocycles. The first kappa shape index (κ1) is 11.7. The van der Waals surface area contributed by atoms with Gasteiger partial charge in [0.05, 0.1) is 13.7 Å². The fourth-order valence-corrected chi connectivity index (χ4v) is 1.85. The molecule has 90 valence electrons. The smallest absolute Gasteiger partial charge is 0.123 e. The van der Waals surface area contributed by atoms with Crippen molar-refractivity contribution in [2.45, 2.75) is 13.0 Å². The van der Waals surface area contributed by atoms with Gasteiger partial charge in [-0.15, -0.1) is 0 Å². The Morgan fingerprint density at radius 1 is 1.41 bits per heavy atom. The third kappa shape index (κ3) is 2.85. The first-order chi connectivity index (χ1) is 8.33. The number of hydrogen-bond acceptors (Lipinski definition) is 3. The van der Waals surface area contributed by atoms with Gasteiger partial charge in [-0.2, -0.15) is 5.10 Å². The first-order valence-electron chi connectivity index (χ1n) is 5.67. The third-order valence-corrected chi connectivity index (χ3v) is 2.67. The summed E-state index contributed by atoms with van der Waals surface area (Å²) in [7, 11) is 1.69. The monoisotopic (exact) mass is 231 g/mol. The molecule has 0 saturated carbocycles. The van der Waals surface area contributed by atoms with Crippen molar-refractivity contribution < 1.29 is 4.74 Å². The van der Waals surface area contributed by atoms with Gasteiger partial charge < -0.3 is 10.5 Å². The molecule has 4 heteroatoms. The lowest BCUT2D eigenvalue weighted by Crippen LogP contribution is -2.06. The Bertz CT molecular complexity index is 466. The second-order valence-corrected chi connectivity index (χ2v) is 3.89. The van der Waals surface area contributed by atoms with E-state index in [-0.39, 0.29) is 0 Å². The number of benzene rings is 1. The zero-order chi connectivity index (χ0) is 12.1. The van der Waals surface area contributed by atoms with Gasteiger partial charge in [0.25, 0.3) is 0 Å².